The van der Waals surface area contributed by atoms with E-state index in [-0.39, 0.29) is 23.5 Å². The molecule has 140 valence electrons. The van der Waals surface area contributed by atoms with Crippen LogP contribution in [0.5, 0.6) is 0 Å². The Balaban J connectivity index is 1.32. The topological polar surface area (TPSA) is 61.4 Å². The molecule has 0 aromatic carbocycles. The molecule has 4 aliphatic carbocycles. The number of nitrogens with zero attached hydrogens (tertiary/aromatic N) is 1. The fourth-order valence-electron chi connectivity index (χ4n) is 6.42. The van der Waals surface area contributed by atoms with E-state index in [1.807, 2.05) is 13.8 Å². The second kappa shape index (κ2) is 6.48. The second-order valence-electron chi connectivity index (χ2n) is 9.54. The van der Waals surface area contributed by atoms with Crippen LogP contribution >= 0.6 is 0 Å². The van der Waals surface area contributed by atoms with E-state index in [1.54, 1.807) is 0 Å². The molecule has 4 bridgehead atoms. The molecular weight excluding hydrogens is 314 g/mol. The average molecular weight is 348 g/mol. The van der Waals surface area contributed by atoms with Gasteiger partial charge in [-0.25, -0.2) is 4.79 Å². The van der Waals surface area contributed by atoms with Crippen molar-refractivity contribution in [2.45, 2.75) is 77.3 Å². The molecule has 5 rings (SSSR count). The van der Waals surface area contributed by atoms with Gasteiger partial charge in [0.15, 0.2) is 0 Å². The molecule has 0 aromatic rings. The van der Waals surface area contributed by atoms with Crippen LogP contribution in [-0.4, -0.2) is 42.0 Å². The van der Waals surface area contributed by atoms with E-state index in [0.29, 0.717) is 5.91 Å². The van der Waals surface area contributed by atoms with Crippen molar-refractivity contribution in [3.8, 4) is 0 Å². The highest BCUT2D eigenvalue weighted by Gasteiger charge is 2.55. The standard InChI is InChI=1S/C20H33N3O2/c1-13(2)21-19(25)22-17-3-5-23(6-4-17)18(24)20-10-14-7-15(11-20)9-16(8-14)12-20/h13-17H,3-12H2,1-2H3,(H2,21,22,25). The molecule has 5 heteroatoms. The number of carbonyl (C=O) groups is 2. The Morgan fingerprint density at radius 1 is 0.960 bits per heavy atom. The van der Waals surface area contributed by atoms with Gasteiger partial charge < -0.3 is 15.5 Å². The zero-order chi connectivity index (χ0) is 17.6. The van der Waals surface area contributed by atoms with Crippen molar-refractivity contribution in [3.05, 3.63) is 0 Å². The lowest BCUT2D eigenvalue weighted by Gasteiger charge is -2.57. The normalized spacial score (nSPS) is 37.4. The van der Waals surface area contributed by atoms with Crippen LogP contribution in [0.4, 0.5) is 4.79 Å². The summed E-state index contributed by atoms with van der Waals surface area (Å²) in [5.74, 6) is 2.88. The Morgan fingerprint density at radius 3 is 1.96 bits per heavy atom. The fraction of sp³-hybridized carbons (Fsp3) is 0.900. The van der Waals surface area contributed by atoms with E-state index in [2.05, 4.69) is 15.5 Å². The van der Waals surface area contributed by atoms with Gasteiger partial charge in [-0.3, -0.25) is 4.79 Å². The maximum Gasteiger partial charge on any atom is 0.315 e. The largest absolute Gasteiger partial charge is 0.342 e. The van der Waals surface area contributed by atoms with Crippen LogP contribution in [0.3, 0.4) is 0 Å². The van der Waals surface area contributed by atoms with Gasteiger partial charge in [0.1, 0.15) is 0 Å². The molecule has 0 spiro atoms. The SMILES string of the molecule is CC(C)NC(=O)NC1CCN(C(=O)C23CC4CC(CC(C4)C2)C3)CC1. The summed E-state index contributed by atoms with van der Waals surface area (Å²) in [5, 5.41) is 5.94. The molecule has 2 N–H and O–H groups in total. The van der Waals surface area contributed by atoms with Gasteiger partial charge in [0.2, 0.25) is 5.91 Å². The molecule has 4 saturated carbocycles. The quantitative estimate of drug-likeness (QED) is 0.825. The Bertz CT molecular complexity index is 502. The minimum atomic E-state index is -0.0825. The third-order valence-electron chi connectivity index (χ3n) is 7.03. The predicted molar refractivity (Wildman–Crippen MR) is 97.0 cm³/mol. The van der Waals surface area contributed by atoms with Gasteiger partial charge in [0.05, 0.1) is 5.41 Å². The predicted octanol–water partition coefficient (Wildman–Crippen LogP) is 2.90. The lowest BCUT2D eigenvalue weighted by atomic mass is 9.49. The lowest BCUT2D eigenvalue weighted by Crippen LogP contribution is -2.57. The minimum Gasteiger partial charge on any atom is -0.342 e. The number of piperidine rings is 1. The van der Waals surface area contributed by atoms with Crippen LogP contribution in [0.25, 0.3) is 0 Å². The van der Waals surface area contributed by atoms with E-state index >= 15 is 0 Å². The van der Waals surface area contributed by atoms with Crippen molar-refractivity contribution in [2.24, 2.45) is 23.2 Å². The highest BCUT2D eigenvalue weighted by molar-refractivity contribution is 5.83. The van der Waals surface area contributed by atoms with Gasteiger partial charge in [-0.05, 0) is 83.0 Å². The first-order valence-corrected chi connectivity index (χ1v) is 10.3. The van der Waals surface area contributed by atoms with E-state index < -0.39 is 0 Å². The molecule has 1 heterocycles. The molecule has 0 atom stereocenters. The van der Waals surface area contributed by atoms with Crippen molar-refractivity contribution in [1.82, 2.24) is 15.5 Å². The molecule has 0 radical (unpaired) electrons. The number of likely N-dealkylation sites (tertiary alicyclic amines) is 1. The van der Waals surface area contributed by atoms with Crippen LogP contribution in [0.2, 0.25) is 0 Å². The van der Waals surface area contributed by atoms with E-state index in [1.165, 1.54) is 19.3 Å². The third-order valence-corrected chi connectivity index (χ3v) is 7.03. The van der Waals surface area contributed by atoms with Gasteiger partial charge in [0, 0.05) is 25.2 Å². The Morgan fingerprint density at radius 2 is 1.48 bits per heavy atom. The van der Waals surface area contributed by atoms with Gasteiger partial charge in [-0.1, -0.05) is 0 Å². The zero-order valence-corrected chi connectivity index (χ0v) is 15.7. The maximum atomic E-state index is 13.4. The second-order valence-corrected chi connectivity index (χ2v) is 9.54. The van der Waals surface area contributed by atoms with Crippen molar-refractivity contribution in [1.29, 1.82) is 0 Å². The molecular formula is C20H33N3O2. The monoisotopic (exact) mass is 347 g/mol. The lowest BCUT2D eigenvalue weighted by molar-refractivity contribution is -0.158. The van der Waals surface area contributed by atoms with E-state index in [4.69, 9.17) is 0 Å². The Kier molecular flexibility index (Phi) is 4.45. The number of urea groups is 1. The Hall–Kier alpha value is -1.26. The third kappa shape index (κ3) is 3.39. The van der Waals surface area contributed by atoms with Crippen LogP contribution in [0.15, 0.2) is 0 Å². The molecule has 0 unspecified atom stereocenters. The molecule has 1 saturated heterocycles. The van der Waals surface area contributed by atoms with Crippen LogP contribution in [-0.2, 0) is 4.79 Å². The van der Waals surface area contributed by atoms with E-state index in [0.717, 1.165) is 62.9 Å². The molecule has 0 aromatic heterocycles. The number of nitrogens with one attached hydrogen (secondary N) is 2. The molecule has 5 aliphatic rings. The molecule has 25 heavy (non-hydrogen) atoms. The first-order chi connectivity index (χ1) is 11.9. The van der Waals surface area contributed by atoms with Crippen molar-refractivity contribution >= 4 is 11.9 Å². The first-order valence-electron chi connectivity index (χ1n) is 10.3. The average Bonchev–Trinajstić information content (AvgIpc) is 2.53. The summed E-state index contributed by atoms with van der Waals surface area (Å²) in [7, 11) is 0. The summed E-state index contributed by atoms with van der Waals surface area (Å²) in [6.45, 7) is 5.53. The summed E-state index contributed by atoms with van der Waals surface area (Å²) in [6, 6.07) is 0.262. The summed E-state index contributed by atoms with van der Waals surface area (Å²) in [5.41, 5.74) is -0.0238. The summed E-state index contributed by atoms with van der Waals surface area (Å²) >= 11 is 0. The van der Waals surface area contributed by atoms with Gasteiger partial charge in [-0.2, -0.15) is 0 Å². The van der Waals surface area contributed by atoms with Crippen LogP contribution in [0, 0.1) is 23.2 Å². The van der Waals surface area contributed by atoms with Crippen molar-refractivity contribution in [3.63, 3.8) is 0 Å². The number of carbonyl (C=O) groups excluding carboxylic acids is 2. The molecule has 1 aliphatic heterocycles. The smallest absolute Gasteiger partial charge is 0.315 e. The van der Waals surface area contributed by atoms with Crippen LogP contribution in [0.1, 0.15) is 65.2 Å². The fourth-order valence-corrected chi connectivity index (χ4v) is 6.42. The summed E-state index contributed by atoms with van der Waals surface area (Å²) in [4.78, 5) is 27.3. The van der Waals surface area contributed by atoms with Gasteiger partial charge in [-0.15, -0.1) is 0 Å². The van der Waals surface area contributed by atoms with Gasteiger partial charge in [0.25, 0.3) is 0 Å². The van der Waals surface area contributed by atoms with Gasteiger partial charge >= 0.3 is 6.03 Å². The number of hydrogen-bond donors (Lipinski definition) is 2. The van der Waals surface area contributed by atoms with Crippen molar-refractivity contribution < 1.29 is 9.59 Å². The Labute approximate surface area is 151 Å². The van der Waals surface area contributed by atoms with E-state index in [9.17, 15) is 9.59 Å². The summed E-state index contributed by atoms with van der Waals surface area (Å²) in [6.07, 6.45) is 9.33. The zero-order valence-electron chi connectivity index (χ0n) is 15.7. The van der Waals surface area contributed by atoms with Crippen molar-refractivity contribution in [2.75, 3.05) is 13.1 Å². The maximum absolute atomic E-state index is 13.4. The number of amides is 3. The molecule has 5 fully saturated rings. The molecule has 5 nitrogen and oxygen atoms in total. The minimum absolute atomic E-state index is 0.0238. The van der Waals surface area contributed by atoms with Crippen LogP contribution < -0.4 is 10.6 Å². The molecule has 3 amide bonds. The highest BCUT2D eigenvalue weighted by atomic mass is 16.2. The first kappa shape index (κ1) is 17.2. The highest BCUT2D eigenvalue weighted by Crippen LogP contribution is 2.60. The summed E-state index contributed by atoms with van der Waals surface area (Å²) < 4.78 is 0. The number of rotatable bonds is 3. The number of hydrogen-bond acceptors (Lipinski definition) is 2.